The van der Waals surface area contributed by atoms with Crippen LogP contribution in [0, 0.1) is 0 Å². The first-order chi connectivity index (χ1) is 5.79. The molecule has 0 bridgehead atoms. The van der Waals surface area contributed by atoms with Crippen molar-refractivity contribution < 1.29 is 26.3 Å². The van der Waals surface area contributed by atoms with Crippen molar-refractivity contribution in [1.29, 1.82) is 0 Å². The molecule has 0 atom stereocenters. The minimum absolute atomic E-state index is 0. The molecule has 3 nitrogen and oxygen atoms in total. The molecule has 0 aliphatic carbocycles. The Morgan fingerprint density at radius 2 is 1.85 bits per heavy atom. The Hall–Kier alpha value is -0.900. The lowest BCUT2D eigenvalue weighted by Gasteiger charge is -1.93. The molecule has 1 aromatic rings. The number of halogens is 1. The summed E-state index contributed by atoms with van der Waals surface area (Å²) in [5, 5.41) is 0. The summed E-state index contributed by atoms with van der Waals surface area (Å²) in [6, 6.07) is 5.89. The van der Waals surface area contributed by atoms with Crippen LogP contribution in [-0.2, 0) is 11.3 Å². The first-order valence-electron chi connectivity index (χ1n) is 4.01. The van der Waals surface area contributed by atoms with E-state index in [0.717, 1.165) is 13.0 Å². The van der Waals surface area contributed by atoms with Crippen LogP contribution in [0.15, 0.2) is 30.6 Å². The van der Waals surface area contributed by atoms with Gasteiger partial charge in [0.2, 0.25) is 5.91 Å². The van der Waals surface area contributed by atoms with Gasteiger partial charge in [0.25, 0.3) is 0 Å². The van der Waals surface area contributed by atoms with E-state index >= 15 is 0 Å². The summed E-state index contributed by atoms with van der Waals surface area (Å²) in [4.78, 5) is 10.4. The van der Waals surface area contributed by atoms with Crippen LogP contribution in [0.4, 0.5) is 0 Å². The number of nitrogens with zero attached hydrogens (tertiary/aromatic N) is 1. The van der Waals surface area contributed by atoms with Crippen molar-refractivity contribution in [3.8, 4) is 0 Å². The molecule has 0 saturated heterocycles. The molecule has 0 aliphatic heterocycles. The molecule has 0 radical (unpaired) electrons. The van der Waals surface area contributed by atoms with Gasteiger partial charge in [0.1, 0.15) is 6.54 Å². The molecule has 1 aromatic heterocycles. The second-order valence-electron chi connectivity index (χ2n) is 2.68. The molecule has 0 unspecified atom stereocenters. The number of primary amides is 1. The van der Waals surface area contributed by atoms with Crippen LogP contribution in [0.3, 0.4) is 0 Å². The van der Waals surface area contributed by atoms with Gasteiger partial charge in [-0.1, -0.05) is 6.07 Å². The molecule has 72 valence electrons. The van der Waals surface area contributed by atoms with E-state index in [1.54, 1.807) is 0 Å². The maximum Gasteiger partial charge on any atom is 0.217 e. The summed E-state index contributed by atoms with van der Waals surface area (Å²) in [6.07, 6.45) is 5.22. The number of amides is 1. The Kier molecular flexibility index (Phi) is 6.14. The summed E-state index contributed by atoms with van der Waals surface area (Å²) in [7, 11) is 0. The van der Waals surface area contributed by atoms with E-state index in [9.17, 15) is 4.79 Å². The third-order valence-corrected chi connectivity index (χ3v) is 1.62. The largest absolute Gasteiger partial charge is 1.00 e. The smallest absolute Gasteiger partial charge is 0.217 e. The van der Waals surface area contributed by atoms with Gasteiger partial charge >= 0.3 is 0 Å². The molecular weight excluding hydrogens is 232 g/mol. The molecule has 1 rings (SSSR count). The predicted molar refractivity (Wildman–Crippen MR) is 45.1 cm³/mol. The van der Waals surface area contributed by atoms with Gasteiger partial charge in [0.15, 0.2) is 12.4 Å². The Labute approximate surface area is 88.3 Å². The number of carbonyl (C=O) groups is 1. The van der Waals surface area contributed by atoms with Crippen molar-refractivity contribution in [2.75, 3.05) is 0 Å². The fourth-order valence-electron chi connectivity index (χ4n) is 1.02. The van der Waals surface area contributed by atoms with Crippen molar-refractivity contribution in [2.45, 2.75) is 19.4 Å². The van der Waals surface area contributed by atoms with Crippen molar-refractivity contribution in [1.82, 2.24) is 0 Å². The van der Waals surface area contributed by atoms with E-state index in [2.05, 4.69) is 0 Å². The summed E-state index contributed by atoms with van der Waals surface area (Å²) in [5.41, 5.74) is 5.01. The Morgan fingerprint density at radius 3 is 2.38 bits per heavy atom. The highest BCUT2D eigenvalue weighted by Crippen LogP contribution is 1.87. The summed E-state index contributed by atoms with van der Waals surface area (Å²) >= 11 is 0. The second-order valence-corrected chi connectivity index (χ2v) is 2.68. The number of rotatable bonds is 4. The average Bonchev–Trinajstić information content (AvgIpc) is 2.05. The van der Waals surface area contributed by atoms with Crippen LogP contribution in [0.2, 0.25) is 0 Å². The Balaban J connectivity index is 0.00000144. The standard InChI is InChI=1S/C9H12N2O.BrH/c10-9(12)5-4-8-11-6-2-1-3-7-11;/h1-3,6-7H,4-5,8H2,(H-,10,12);1H. The Morgan fingerprint density at radius 1 is 1.23 bits per heavy atom. The first-order valence-corrected chi connectivity index (χ1v) is 4.01. The van der Waals surface area contributed by atoms with Gasteiger partial charge in [-0.25, -0.2) is 4.57 Å². The van der Waals surface area contributed by atoms with Crippen LogP contribution < -0.4 is 27.3 Å². The zero-order valence-corrected chi connectivity index (χ0v) is 8.90. The lowest BCUT2D eigenvalue weighted by molar-refractivity contribution is -0.697. The molecule has 0 aliphatic rings. The monoisotopic (exact) mass is 244 g/mol. The SMILES string of the molecule is NC(=O)CCC[n+]1ccccc1.[Br-]. The highest BCUT2D eigenvalue weighted by atomic mass is 79.9. The van der Waals surface area contributed by atoms with E-state index in [-0.39, 0.29) is 22.9 Å². The molecule has 1 amide bonds. The van der Waals surface area contributed by atoms with E-state index in [1.807, 2.05) is 35.2 Å². The number of aromatic nitrogens is 1. The highest BCUT2D eigenvalue weighted by molar-refractivity contribution is 5.73. The number of hydrogen-bond acceptors (Lipinski definition) is 1. The van der Waals surface area contributed by atoms with Crippen molar-refractivity contribution in [3.63, 3.8) is 0 Å². The van der Waals surface area contributed by atoms with Gasteiger partial charge in [0.05, 0.1) is 0 Å². The van der Waals surface area contributed by atoms with Gasteiger partial charge < -0.3 is 22.7 Å². The lowest BCUT2D eigenvalue weighted by Crippen LogP contribution is -3.00. The van der Waals surface area contributed by atoms with Crippen molar-refractivity contribution >= 4 is 5.91 Å². The normalized spacial score (nSPS) is 8.92. The molecule has 0 saturated carbocycles. The third-order valence-electron chi connectivity index (χ3n) is 1.62. The van der Waals surface area contributed by atoms with Crippen molar-refractivity contribution in [2.24, 2.45) is 5.73 Å². The molecule has 2 N–H and O–H groups in total. The molecule has 0 aromatic carbocycles. The first kappa shape index (κ1) is 12.1. The van der Waals surface area contributed by atoms with Crippen LogP contribution in [0.25, 0.3) is 0 Å². The molecule has 0 spiro atoms. The number of pyridine rings is 1. The number of nitrogens with two attached hydrogens (primary N) is 1. The van der Waals surface area contributed by atoms with Gasteiger partial charge in [0, 0.05) is 25.0 Å². The maximum atomic E-state index is 10.4. The summed E-state index contributed by atoms with van der Waals surface area (Å²) in [5.74, 6) is -0.230. The zero-order chi connectivity index (χ0) is 8.81. The van der Waals surface area contributed by atoms with E-state index in [4.69, 9.17) is 5.73 Å². The fourth-order valence-corrected chi connectivity index (χ4v) is 1.02. The summed E-state index contributed by atoms with van der Waals surface area (Å²) < 4.78 is 2.03. The van der Waals surface area contributed by atoms with E-state index in [1.165, 1.54) is 0 Å². The van der Waals surface area contributed by atoms with Crippen LogP contribution in [0.5, 0.6) is 0 Å². The van der Waals surface area contributed by atoms with Crippen molar-refractivity contribution in [3.05, 3.63) is 30.6 Å². The van der Waals surface area contributed by atoms with Crippen LogP contribution in [0.1, 0.15) is 12.8 Å². The topological polar surface area (TPSA) is 47.0 Å². The van der Waals surface area contributed by atoms with Gasteiger partial charge in [-0.15, -0.1) is 0 Å². The van der Waals surface area contributed by atoms with Gasteiger partial charge in [-0.3, -0.25) is 4.79 Å². The molecule has 0 fully saturated rings. The van der Waals surface area contributed by atoms with E-state index in [0.29, 0.717) is 6.42 Å². The highest BCUT2D eigenvalue weighted by Gasteiger charge is 1.99. The zero-order valence-electron chi connectivity index (χ0n) is 7.32. The molecule has 4 heteroatoms. The number of hydrogen-bond donors (Lipinski definition) is 1. The number of aryl methyl sites for hydroxylation is 1. The second kappa shape index (κ2) is 6.60. The van der Waals surface area contributed by atoms with Crippen LogP contribution in [-0.4, -0.2) is 5.91 Å². The fraction of sp³-hybridized carbons (Fsp3) is 0.333. The van der Waals surface area contributed by atoms with Crippen LogP contribution >= 0.6 is 0 Å². The van der Waals surface area contributed by atoms with Gasteiger partial charge in [-0.05, 0) is 0 Å². The minimum Gasteiger partial charge on any atom is -1.00 e. The number of carbonyl (C=O) groups excluding carboxylic acids is 1. The third kappa shape index (κ3) is 5.36. The lowest BCUT2D eigenvalue weighted by atomic mass is 10.3. The van der Waals surface area contributed by atoms with E-state index < -0.39 is 0 Å². The Bertz CT molecular complexity index is 251. The molecular formula is C9H13BrN2O. The molecule has 1 heterocycles. The molecule has 13 heavy (non-hydrogen) atoms. The quantitative estimate of drug-likeness (QED) is 0.574. The average molecular weight is 245 g/mol. The summed E-state index contributed by atoms with van der Waals surface area (Å²) in [6.45, 7) is 0.851. The predicted octanol–water partition coefficient (Wildman–Crippen LogP) is -2.76. The minimum atomic E-state index is -0.230. The maximum absolute atomic E-state index is 10.4. The van der Waals surface area contributed by atoms with Gasteiger partial charge in [-0.2, -0.15) is 0 Å².